The summed E-state index contributed by atoms with van der Waals surface area (Å²) in [5.74, 6) is 0.608. The molecule has 0 aliphatic carbocycles. The summed E-state index contributed by atoms with van der Waals surface area (Å²) >= 11 is 0. The molecule has 1 atom stereocenters. The molecule has 0 N–H and O–H groups in total. The Morgan fingerprint density at radius 3 is 1.74 bits per heavy atom. The van der Waals surface area contributed by atoms with Crippen molar-refractivity contribution in [1.29, 1.82) is 0 Å². The lowest BCUT2D eigenvalue weighted by atomic mass is 9.96. The lowest BCUT2D eigenvalue weighted by molar-refractivity contribution is 0.667. The Labute approximate surface area is 382 Å². The third-order valence-corrected chi connectivity index (χ3v) is 13.0. The molecule has 0 fully saturated rings. The van der Waals surface area contributed by atoms with E-state index in [1.54, 1.807) is 0 Å². The summed E-state index contributed by atoms with van der Waals surface area (Å²) in [6.45, 7) is 8.57. The third-order valence-electron chi connectivity index (χ3n) is 13.0. The third kappa shape index (κ3) is 6.39. The van der Waals surface area contributed by atoms with Crippen LogP contribution in [0.4, 0.5) is 0 Å². The van der Waals surface area contributed by atoms with Crippen LogP contribution in [0, 0.1) is 0 Å². The van der Waals surface area contributed by atoms with Gasteiger partial charge in [0.25, 0.3) is 0 Å². The van der Waals surface area contributed by atoms with Crippen LogP contribution in [-0.4, -0.2) is 20.7 Å². The molecule has 314 valence electrons. The van der Waals surface area contributed by atoms with Gasteiger partial charge in [-0.15, -0.1) is 0 Å². The van der Waals surface area contributed by atoms with E-state index >= 15 is 0 Å². The first kappa shape index (κ1) is 39.1. The van der Waals surface area contributed by atoms with Crippen LogP contribution >= 0.6 is 0 Å². The average Bonchev–Trinajstić information content (AvgIpc) is 4.04. The van der Waals surface area contributed by atoms with E-state index in [0.717, 1.165) is 94.5 Å². The number of aliphatic imine (C=N–C) groups is 2. The topological polar surface area (TPSA) is 47.7 Å². The second-order valence-corrected chi connectivity index (χ2v) is 17.1. The fourth-order valence-electron chi connectivity index (χ4n) is 9.91. The van der Waals surface area contributed by atoms with E-state index in [2.05, 4.69) is 211 Å². The van der Waals surface area contributed by atoms with Crippen LogP contribution in [0.3, 0.4) is 0 Å². The Hall–Kier alpha value is -8.54. The molecule has 5 nitrogen and oxygen atoms in total. The normalized spacial score (nSPS) is 12.9. The van der Waals surface area contributed by atoms with Crippen LogP contribution in [0.5, 0.6) is 0 Å². The van der Waals surface area contributed by atoms with Crippen molar-refractivity contribution in [2.75, 3.05) is 0 Å². The molecule has 0 spiro atoms. The maximum atomic E-state index is 7.44. The van der Waals surface area contributed by atoms with Crippen LogP contribution in [0.2, 0.25) is 0 Å². The van der Waals surface area contributed by atoms with Crippen LogP contribution in [0.15, 0.2) is 239 Å². The highest BCUT2D eigenvalue weighted by atomic mass is 16.3. The van der Waals surface area contributed by atoms with E-state index in [-0.39, 0.29) is 6.04 Å². The number of allylic oxidation sites excluding steroid dienone is 1. The van der Waals surface area contributed by atoms with Gasteiger partial charge in [0.2, 0.25) is 0 Å². The van der Waals surface area contributed by atoms with Crippen molar-refractivity contribution >= 4 is 77.1 Å². The van der Waals surface area contributed by atoms with Crippen molar-refractivity contribution in [3.63, 3.8) is 0 Å². The summed E-state index contributed by atoms with van der Waals surface area (Å²) in [5.41, 5.74) is 14.8. The van der Waals surface area contributed by atoms with Crippen molar-refractivity contribution in [3.05, 3.63) is 241 Å². The summed E-state index contributed by atoms with van der Waals surface area (Å²) < 4.78 is 12.1. The van der Waals surface area contributed by atoms with Gasteiger partial charge in [0.15, 0.2) is 11.4 Å². The largest absolute Gasteiger partial charge is 0.453 e. The molecule has 0 bridgehead atoms. The first-order valence-corrected chi connectivity index (χ1v) is 22.5. The van der Waals surface area contributed by atoms with Crippen LogP contribution < -0.4 is 0 Å². The molecule has 0 amide bonds. The second kappa shape index (κ2) is 15.9. The highest BCUT2D eigenvalue weighted by Gasteiger charge is 2.25. The highest BCUT2D eigenvalue weighted by molar-refractivity contribution is 6.26. The Kier molecular flexibility index (Phi) is 9.42. The molecule has 12 aromatic rings. The molecule has 0 saturated carbocycles. The number of nitrogens with zero attached hydrogens (tertiary/aromatic N) is 4. The van der Waals surface area contributed by atoms with Crippen molar-refractivity contribution in [2.24, 2.45) is 9.98 Å². The van der Waals surface area contributed by atoms with E-state index in [0.29, 0.717) is 5.84 Å². The summed E-state index contributed by atoms with van der Waals surface area (Å²) in [6, 6.07) is 74.7. The second-order valence-electron chi connectivity index (χ2n) is 17.1. The number of benzene rings is 9. The minimum absolute atomic E-state index is 0.197. The molecule has 66 heavy (non-hydrogen) atoms. The number of para-hydroxylation sites is 5. The first-order valence-electron chi connectivity index (χ1n) is 22.5. The number of hydrogen-bond donors (Lipinski definition) is 0. The van der Waals surface area contributed by atoms with Crippen LogP contribution in [0.1, 0.15) is 36.6 Å². The number of hydrogen-bond acceptors (Lipinski definition) is 2. The van der Waals surface area contributed by atoms with E-state index in [9.17, 15) is 0 Å². The smallest absolute Gasteiger partial charge is 0.159 e. The molecule has 0 unspecified atom stereocenters. The number of fused-ring (bicyclic) bond motifs is 9. The Bertz CT molecular complexity index is 3850. The quantitative estimate of drug-likeness (QED) is 0.111. The first-order chi connectivity index (χ1) is 32.5. The van der Waals surface area contributed by atoms with Crippen molar-refractivity contribution in [1.82, 2.24) is 9.13 Å². The van der Waals surface area contributed by atoms with Gasteiger partial charge >= 0.3 is 0 Å². The van der Waals surface area contributed by atoms with Crippen LogP contribution in [0.25, 0.3) is 88.1 Å². The molecule has 12 rings (SSSR count). The number of aromatic nitrogens is 2. The van der Waals surface area contributed by atoms with Gasteiger partial charge in [-0.3, -0.25) is 4.99 Å². The minimum atomic E-state index is -0.197. The van der Waals surface area contributed by atoms with Crippen LogP contribution in [-0.2, 0) is 0 Å². The van der Waals surface area contributed by atoms with Crippen molar-refractivity contribution in [2.45, 2.75) is 19.9 Å². The summed E-state index contributed by atoms with van der Waals surface area (Å²) in [5, 5.41) is 6.68. The summed E-state index contributed by atoms with van der Waals surface area (Å²) in [7, 11) is 0. The molecule has 0 saturated heterocycles. The fourth-order valence-corrected chi connectivity index (χ4v) is 9.91. The van der Waals surface area contributed by atoms with Crippen molar-refractivity contribution < 1.29 is 4.42 Å². The summed E-state index contributed by atoms with van der Waals surface area (Å²) in [4.78, 5) is 11.0. The molecule has 9 aromatic carbocycles. The van der Waals surface area contributed by atoms with Gasteiger partial charge in [-0.25, -0.2) is 4.99 Å². The standard InChI is InChI=1S/C61H44N4O/c1-39(2)58(42-22-9-5-10-23-42)63-61(62-40(3)41-20-7-4-8-21-41)50-36-35-45(43-34-37-55-51(38-43)48-28-15-16-30-52(48)64(55)44-24-11-6-12-25-44)60-57(50)49-29-19-33-56(59(49)66-60)65-53-31-17-13-26-46(53)47-27-14-18-32-54(47)65/h4-38,40H,1H2,2-3H3/t40-/m1/s1. The Morgan fingerprint density at radius 1 is 0.515 bits per heavy atom. The molecule has 0 radical (unpaired) electrons. The number of furan rings is 1. The van der Waals surface area contributed by atoms with Crippen molar-refractivity contribution in [3.8, 4) is 22.5 Å². The maximum absolute atomic E-state index is 7.44. The van der Waals surface area contributed by atoms with Gasteiger partial charge < -0.3 is 13.6 Å². The monoisotopic (exact) mass is 848 g/mol. The van der Waals surface area contributed by atoms with E-state index in [4.69, 9.17) is 14.4 Å². The zero-order chi connectivity index (χ0) is 44.3. The highest BCUT2D eigenvalue weighted by Crippen LogP contribution is 2.44. The SMILES string of the molecule is C=C(C)C(=NC(=N[C@H](C)c1ccccc1)c1ccc(-c2ccc3c(c2)c2ccccc2n3-c2ccccc2)c2oc3c(-n4c5ccccc5c5ccccc54)cccc3c12)c1ccccc1. The van der Waals surface area contributed by atoms with Gasteiger partial charge in [-0.05, 0) is 91.2 Å². The fraction of sp³-hybridized carbons (Fsp3) is 0.0492. The minimum Gasteiger partial charge on any atom is -0.453 e. The number of amidine groups is 1. The van der Waals surface area contributed by atoms with Gasteiger partial charge in [-0.1, -0.05) is 158 Å². The molecule has 0 aliphatic rings. The lowest BCUT2D eigenvalue weighted by Crippen LogP contribution is -2.09. The molecular weight excluding hydrogens is 805 g/mol. The average molecular weight is 849 g/mol. The zero-order valence-corrected chi connectivity index (χ0v) is 36.7. The molecule has 3 heterocycles. The van der Waals surface area contributed by atoms with E-state index in [1.165, 1.54) is 21.5 Å². The van der Waals surface area contributed by atoms with E-state index < -0.39 is 0 Å². The maximum Gasteiger partial charge on any atom is 0.159 e. The lowest BCUT2D eigenvalue weighted by Gasteiger charge is -2.14. The molecule has 3 aromatic heterocycles. The zero-order valence-electron chi connectivity index (χ0n) is 36.7. The van der Waals surface area contributed by atoms with Gasteiger partial charge in [0.1, 0.15) is 5.58 Å². The Balaban J connectivity index is 1.17. The molecule has 5 heteroatoms. The van der Waals surface area contributed by atoms with Gasteiger partial charge in [0, 0.05) is 54.7 Å². The van der Waals surface area contributed by atoms with E-state index in [1.807, 2.05) is 31.2 Å². The Morgan fingerprint density at radius 2 is 1.08 bits per heavy atom. The predicted molar refractivity (Wildman–Crippen MR) is 277 cm³/mol. The number of rotatable bonds is 8. The van der Waals surface area contributed by atoms with Gasteiger partial charge in [0.05, 0.1) is 39.5 Å². The molecular formula is C61H44N4O. The predicted octanol–water partition coefficient (Wildman–Crippen LogP) is 16.0. The molecule has 0 aliphatic heterocycles. The van der Waals surface area contributed by atoms with Gasteiger partial charge in [-0.2, -0.15) is 0 Å². The summed E-state index contributed by atoms with van der Waals surface area (Å²) in [6.07, 6.45) is 0.